The summed E-state index contributed by atoms with van der Waals surface area (Å²) in [5, 5.41) is 7.29. The Kier molecular flexibility index (Phi) is 6.26. The lowest BCUT2D eigenvalue weighted by molar-refractivity contribution is 0.669. The van der Waals surface area contributed by atoms with Crippen LogP contribution in [0, 0.1) is 11.8 Å². The molecule has 0 aliphatic heterocycles. The molecule has 0 unspecified atom stereocenters. The molecule has 0 fully saturated rings. The average molecular weight is 349 g/mol. The molecule has 2 aromatic carbocycles. The van der Waals surface area contributed by atoms with E-state index in [1.807, 2.05) is 0 Å². The maximum atomic E-state index is 2.56. The van der Waals surface area contributed by atoms with E-state index < -0.39 is 14.1 Å². The smallest absolute Gasteiger partial charge is 0.262 e. The van der Waals surface area contributed by atoms with Crippen molar-refractivity contribution in [3.05, 3.63) is 48.5 Å². The van der Waals surface area contributed by atoms with Crippen LogP contribution in [0.1, 0.15) is 34.1 Å². The van der Waals surface area contributed by atoms with E-state index in [0.717, 1.165) is 18.4 Å². The fourth-order valence-corrected chi connectivity index (χ4v) is 8.54. The van der Waals surface area contributed by atoms with E-state index in [9.17, 15) is 0 Å². The Morgan fingerprint density at radius 2 is 1.24 bits per heavy atom. The number of hydrogen-bond acceptors (Lipinski definition) is 0. The lowest BCUT2D eigenvalue weighted by Gasteiger charge is -2.17. The molecule has 0 atom stereocenters. The summed E-state index contributed by atoms with van der Waals surface area (Å²) in [4.78, 5) is 0. The molecule has 25 heavy (non-hydrogen) atoms. The van der Waals surface area contributed by atoms with Crippen molar-refractivity contribution in [3.8, 4) is 0 Å². The van der Waals surface area contributed by atoms with Gasteiger partial charge in [-0.3, -0.25) is 0 Å². The van der Waals surface area contributed by atoms with Crippen LogP contribution in [-0.4, -0.2) is 18.7 Å². The van der Waals surface area contributed by atoms with Gasteiger partial charge < -0.3 is 4.57 Å². The predicted octanol–water partition coefficient (Wildman–Crippen LogP) is 6.99. The molecule has 132 valence electrons. The number of aryl methyl sites for hydroxylation is 1. The molecule has 0 saturated heterocycles. The minimum Gasteiger partial charge on any atom is -0.341 e. The van der Waals surface area contributed by atoms with Gasteiger partial charge in [-0.1, -0.05) is 91.8 Å². The van der Waals surface area contributed by atoms with Crippen LogP contribution >= 0.6 is 0 Å². The van der Waals surface area contributed by atoms with Gasteiger partial charge in [0.05, 0.1) is 0 Å². The van der Waals surface area contributed by atoms with Gasteiger partial charge in [-0.15, -0.1) is 0 Å². The normalized spacial score (nSPS) is 11.9. The fourth-order valence-electron chi connectivity index (χ4n) is 4.45. The van der Waals surface area contributed by atoms with Crippen LogP contribution in [0.3, 0.4) is 0 Å². The van der Waals surface area contributed by atoms with Gasteiger partial charge in [-0.05, 0) is 18.6 Å². The first-order chi connectivity index (χ1) is 12.1. The monoisotopic (exact) mass is 349 g/mol. The third-order valence-electron chi connectivity index (χ3n) is 5.28. The number of benzene rings is 2. The summed E-state index contributed by atoms with van der Waals surface area (Å²) >= 11 is -0.609. The van der Waals surface area contributed by atoms with E-state index in [1.54, 1.807) is 0 Å². The number of nitrogens with zero attached hydrogens (tertiary/aromatic N) is 1. The standard InChI is InChI=1S/C15H14N.2C4H9.Al/c1-2-11-16-14-9-5-3-7-12(14)13-8-4-6-10-15(13)16;2*1-4(2)3;/h3-10H,1-2,11H2;2*4H,1H2,2-3H3;. The third kappa shape index (κ3) is 4.49. The zero-order valence-electron chi connectivity index (χ0n) is 16.3. The molecule has 3 rings (SSSR count). The van der Waals surface area contributed by atoms with Crippen molar-refractivity contribution >= 4 is 36.0 Å². The highest BCUT2D eigenvalue weighted by molar-refractivity contribution is 6.58. The molecule has 0 saturated carbocycles. The molecule has 0 aliphatic rings. The predicted molar refractivity (Wildman–Crippen MR) is 114 cm³/mol. The highest BCUT2D eigenvalue weighted by Gasteiger charge is 2.20. The van der Waals surface area contributed by atoms with Crippen molar-refractivity contribution in [1.82, 2.24) is 4.57 Å². The molecule has 3 aromatic rings. The average Bonchev–Trinajstić information content (AvgIpc) is 2.88. The molecule has 0 N–H and O–H groups in total. The zero-order chi connectivity index (χ0) is 17.8. The van der Waals surface area contributed by atoms with Crippen LogP contribution in [0.4, 0.5) is 0 Å². The topological polar surface area (TPSA) is 4.93 Å². The van der Waals surface area contributed by atoms with Crippen LogP contribution in [0.25, 0.3) is 21.8 Å². The summed E-state index contributed by atoms with van der Waals surface area (Å²) in [5.41, 5.74) is 2.80. The number of para-hydroxylation sites is 2. The summed E-state index contributed by atoms with van der Waals surface area (Å²) in [5.74, 6) is 1.73. The lowest BCUT2D eigenvalue weighted by Crippen LogP contribution is -2.18. The third-order valence-corrected chi connectivity index (χ3v) is 9.73. The molecule has 0 bridgehead atoms. The van der Waals surface area contributed by atoms with Gasteiger partial charge in [-0.25, -0.2) is 0 Å². The van der Waals surface area contributed by atoms with Gasteiger partial charge in [0.15, 0.2) is 0 Å². The van der Waals surface area contributed by atoms with Gasteiger partial charge in [0, 0.05) is 28.4 Å². The summed E-state index contributed by atoms with van der Waals surface area (Å²) in [7, 11) is 0. The molecule has 1 heterocycles. The number of fused-ring (bicyclic) bond motifs is 3. The largest absolute Gasteiger partial charge is 0.341 e. The van der Waals surface area contributed by atoms with Crippen molar-refractivity contribution < 1.29 is 0 Å². The highest BCUT2D eigenvalue weighted by atomic mass is 27.2. The Morgan fingerprint density at radius 1 is 0.760 bits per heavy atom. The van der Waals surface area contributed by atoms with Crippen molar-refractivity contribution in [3.63, 3.8) is 0 Å². The summed E-state index contributed by atoms with van der Waals surface area (Å²) in [6.45, 7) is 10.7. The second-order valence-corrected chi connectivity index (χ2v) is 11.7. The molecule has 1 aromatic heterocycles. The number of hydrogen-bond donors (Lipinski definition) is 0. The second kappa shape index (κ2) is 8.44. The first kappa shape index (κ1) is 18.6. The number of aromatic nitrogens is 1. The second-order valence-electron chi connectivity index (χ2n) is 8.45. The van der Waals surface area contributed by atoms with Crippen LogP contribution < -0.4 is 0 Å². The van der Waals surface area contributed by atoms with Gasteiger partial charge in [-0.2, -0.15) is 0 Å². The molecular formula is C23H32AlN. The van der Waals surface area contributed by atoms with Crippen molar-refractivity contribution in [2.75, 3.05) is 0 Å². The molecule has 0 radical (unpaired) electrons. The highest BCUT2D eigenvalue weighted by Crippen LogP contribution is 2.29. The van der Waals surface area contributed by atoms with Crippen LogP contribution in [0.15, 0.2) is 48.5 Å². The summed E-state index contributed by atoms with van der Waals surface area (Å²) in [6.07, 6.45) is 1.33. The van der Waals surface area contributed by atoms with E-state index in [1.165, 1.54) is 44.1 Å². The van der Waals surface area contributed by atoms with E-state index in [-0.39, 0.29) is 0 Å². The number of rotatable bonds is 8. The molecule has 0 spiro atoms. The maximum absolute atomic E-state index is 2.56. The van der Waals surface area contributed by atoms with Crippen molar-refractivity contribution in [1.29, 1.82) is 0 Å². The first-order valence-corrected chi connectivity index (χ1v) is 12.5. The van der Waals surface area contributed by atoms with E-state index in [4.69, 9.17) is 0 Å². The Labute approximate surface area is 157 Å². The maximum Gasteiger partial charge on any atom is 0.262 e. The summed E-state index contributed by atoms with van der Waals surface area (Å²) < 4.78 is 2.56. The molecule has 2 heteroatoms. The van der Waals surface area contributed by atoms with Crippen LogP contribution in [0.5, 0.6) is 0 Å². The first-order valence-electron chi connectivity index (χ1n) is 10.0. The van der Waals surface area contributed by atoms with E-state index in [2.05, 4.69) is 80.8 Å². The van der Waals surface area contributed by atoms with Crippen LogP contribution in [-0.2, 0) is 6.54 Å². The van der Waals surface area contributed by atoms with Gasteiger partial charge in [0.1, 0.15) is 0 Å². The van der Waals surface area contributed by atoms with Gasteiger partial charge in [0.2, 0.25) is 0 Å². The van der Waals surface area contributed by atoms with Gasteiger partial charge in [0.25, 0.3) is 14.1 Å². The minimum absolute atomic E-state index is 0.609. The quantitative estimate of drug-likeness (QED) is 0.386. The minimum atomic E-state index is -0.609. The Morgan fingerprint density at radius 3 is 1.72 bits per heavy atom. The van der Waals surface area contributed by atoms with E-state index >= 15 is 0 Å². The fraction of sp³-hybridized carbons (Fsp3) is 0.478. The van der Waals surface area contributed by atoms with Crippen molar-refractivity contribution in [2.45, 2.75) is 56.5 Å². The molecule has 0 amide bonds. The Bertz CT molecular complexity index is 752. The zero-order valence-corrected chi connectivity index (χ0v) is 17.5. The van der Waals surface area contributed by atoms with Crippen LogP contribution in [0.2, 0.25) is 15.8 Å². The SMILES string of the molecule is CC(C)[CH2][Al]([CH2]CCn1c2ccccc2c2ccccc21)[CH2]C(C)C. The molecular weight excluding hydrogens is 317 g/mol. The lowest BCUT2D eigenvalue weighted by atomic mass is 10.2. The van der Waals surface area contributed by atoms with Crippen molar-refractivity contribution in [2.24, 2.45) is 11.8 Å². The summed E-state index contributed by atoms with van der Waals surface area (Å²) in [6, 6.07) is 17.8. The van der Waals surface area contributed by atoms with Gasteiger partial charge >= 0.3 is 0 Å². The van der Waals surface area contributed by atoms with E-state index in [0.29, 0.717) is 0 Å². The Balaban J connectivity index is 1.78. The molecule has 1 nitrogen and oxygen atoms in total. The molecule has 0 aliphatic carbocycles. The Hall–Kier alpha value is -1.23.